The molecule has 2 N–H and O–H groups in total. The highest BCUT2D eigenvalue weighted by atomic mass is 16.4. The molecule has 0 radical (unpaired) electrons. The molecule has 0 aliphatic heterocycles. The summed E-state index contributed by atoms with van der Waals surface area (Å²) >= 11 is 0. The zero-order valence-corrected chi connectivity index (χ0v) is 12.0. The molecular weight excluding hydrogens is 256 g/mol. The zero-order chi connectivity index (χ0) is 15.0. The number of carbonyl (C=O) groups excluding carboxylic acids is 1. The minimum absolute atomic E-state index is 0.0629. The molecule has 0 aromatic heterocycles. The van der Waals surface area contributed by atoms with Crippen LogP contribution in [0.15, 0.2) is 30.3 Å². The van der Waals surface area contributed by atoms with Crippen molar-refractivity contribution >= 4 is 12.0 Å². The minimum atomic E-state index is -0.913. The third kappa shape index (κ3) is 6.22. The van der Waals surface area contributed by atoms with E-state index < -0.39 is 5.97 Å². The van der Waals surface area contributed by atoms with Gasteiger partial charge in [0, 0.05) is 19.6 Å². The Hall–Kier alpha value is -2.04. The molecule has 0 atom stereocenters. The fourth-order valence-electron chi connectivity index (χ4n) is 1.85. The highest BCUT2D eigenvalue weighted by Gasteiger charge is 2.15. The second-order valence-corrected chi connectivity index (χ2v) is 5.14. The Morgan fingerprint density at radius 1 is 1.25 bits per heavy atom. The maximum Gasteiger partial charge on any atom is 0.317 e. The summed E-state index contributed by atoms with van der Waals surface area (Å²) in [4.78, 5) is 24.3. The number of carboxylic acids is 1. The number of carbonyl (C=O) groups is 2. The summed E-state index contributed by atoms with van der Waals surface area (Å²) in [6.07, 6.45) is -0.0629. The Kier molecular flexibility index (Phi) is 6.56. The fraction of sp³-hybridized carbons (Fsp3) is 0.467. The van der Waals surface area contributed by atoms with Crippen LogP contribution in [0, 0.1) is 5.92 Å². The van der Waals surface area contributed by atoms with Crippen LogP contribution in [0.2, 0.25) is 0 Å². The van der Waals surface area contributed by atoms with E-state index in [1.54, 1.807) is 4.90 Å². The van der Waals surface area contributed by atoms with Gasteiger partial charge in [-0.15, -0.1) is 0 Å². The Bertz CT molecular complexity index is 432. The minimum Gasteiger partial charge on any atom is -0.481 e. The molecule has 5 nitrogen and oxygen atoms in total. The van der Waals surface area contributed by atoms with Gasteiger partial charge in [0.25, 0.3) is 0 Å². The van der Waals surface area contributed by atoms with Crippen molar-refractivity contribution in [3.8, 4) is 0 Å². The highest BCUT2D eigenvalue weighted by molar-refractivity contribution is 5.75. The van der Waals surface area contributed by atoms with Crippen LogP contribution in [0.3, 0.4) is 0 Å². The third-order valence-corrected chi connectivity index (χ3v) is 2.70. The number of rotatable bonds is 7. The van der Waals surface area contributed by atoms with Gasteiger partial charge in [0.05, 0.1) is 6.42 Å². The standard InChI is InChI=1S/C15H22N2O3/c1-12(2)10-17(11-13-6-4-3-5-7-13)15(20)16-9-8-14(18)19/h3-7,12H,8-11H2,1-2H3,(H,16,20)(H,18,19). The van der Waals surface area contributed by atoms with Crippen LogP contribution in [-0.4, -0.2) is 35.1 Å². The van der Waals surface area contributed by atoms with Gasteiger partial charge in [0.2, 0.25) is 0 Å². The van der Waals surface area contributed by atoms with Crippen LogP contribution >= 0.6 is 0 Å². The molecule has 0 saturated carbocycles. The van der Waals surface area contributed by atoms with Crippen molar-refractivity contribution in [2.75, 3.05) is 13.1 Å². The first-order valence-corrected chi connectivity index (χ1v) is 6.77. The molecule has 1 aromatic carbocycles. The Balaban J connectivity index is 2.59. The summed E-state index contributed by atoms with van der Waals surface area (Å²) < 4.78 is 0. The first-order valence-electron chi connectivity index (χ1n) is 6.77. The Morgan fingerprint density at radius 2 is 1.90 bits per heavy atom. The van der Waals surface area contributed by atoms with Gasteiger partial charge in [-0.2, -0.15) is 0 Å². The predicted octanol–water partition coefficient (Wildman–Crippen LogP) is 2.33. The maximum atomic E-state index is 12.1. The average molecular weight is 278 g/mol. The van der Waals surface area contributed by atoms with Crippen LogP contribution in [0.4, 0.5) is 4.79 Å². The summed E-state index contributed by atoms with van der Waals surface area (Å²) in [5.41, 5.74) is 1.06. The zero-order valence-electron chi connectivity index (χ0n) is 12.0. The van der Waals surface area contributed by atoms with E-state index in [0.29, 0.717) is 19.0 Å². The monoisotopic (exact) mass is 278 g/mol. The molecule has 0 aliphatic carbocycles. The summed E-state index contributed by atoms with van der Waals surface area (Å²) in [7, 11) is 0. The topological polar surface area (TPSA) is 69.6 Å². The lowest BCUT2D eigenvalue weighted by molar-refractivity contribution is -0.136. The van der Waals surface area contributed by atoms with Gasteiger partial charge in [-0.25, -0.2) is 4.79 Å². The fourth-order valence-corrected chi connectivity index (χ4v) is 1.85. The second-order valence-electron chi connectivity index (χ2n) is 5.14. The number of carboxylic acid groups (broad SMARTS) is 1. The molecule has 110 valence electrons. The summed E-state index contributed by atoms with van der Waals surface area (Å²) in [5.74, 6) is -0.562. The van der Waals surface area contributed by atoms with E-state index in [0.717, 1.165) is 5.56 Å². The molecule has 0 unspecified atom stereocenters. The lowest BCUT2D eigenvalue weighted by Crippen LogP contribution is -2.42. The first kappa shape index (κ1) is 16.0. The van der Waals surface area contributed by atoms with E-state index >= 15 is 0 Å². The quantitative estimate of drug-likeness (QED) is 0.804. The number of nitrogens with one attached hydrogen (secondary N) is 1. The highest BCUT2D eigenvalue weighted by Crippen LogP contribution is 2.07. The molecule has 5 heteroatoms. The smallest absolute Gasteiger partial charge is 0.317 e. The second kappa shape index (κ2) is 8.19. The molecule has 0 saturated heterocycles. The van der Waals surface area contributed by atoms with Crippen molar-refractivity contribution in [1.29, 1.82) is 0 Å². The lowest BCUT2D eigenvalue weighted by Gasteiger charge is -2.25. The summed E-state index contributed by atoms with van der Waals surface area (Å²) in [5, 5.41) is 11.2. The van der Waals surface area contributed by atoms with Gasteiger partial charge < -0.3 is 15.3 Å². The van der Waals surface area contributed by atoms with Crippen molar-refractivity contribution < 1.29 is 14.7 Å². The molecule has 1 rings (SSSR count). The van der Waals surface area contributed by atoms with Crippen LogP contribution < -0.4 is 5.32 Å². The van der Waals surface area contributed by atoms with Gasteiger partial charge in [-0.1, -0.05) is 44.2 Å². The molecule has 20 heavy (non-hydrogen) atoms. The molecule has 0 bridgehead atoms. The third-order valence-electron chi connectivity index (χ3n) is 2.70. The largest absolute Gasteiger partial charge is 0.481 e. The van der Waals surface area contributed by atoms with Crippen LogP contribution in [0.1, 0.15) is 25.8 Å². The number of urea groups is 1. The molecule has 0 aliphatic rings. The first-order chi connectivity index (χ1) is 9.49. The van der Waals surface area contributed by atoms with Crippen molar-refractivity contribution in [3.63, 3.8) is 0 Å². The van der Waals surface area contributed by atoms with Gasteiger partial charge in [-0.05, 0) is 11.5 Å². The van der Waals surface area contributed by atoms with E-state index in [9.17, 15) is 9.59 Å². The van der Waals surface area contributed by atoms with Crippen molar-refractivity contribution in [2.45, 2.75) is 26.8 Å². The van der Waals surface area contributed by atoms with E-state index in [-0.39, 0.29) is 19.0 Å². The van der Waals surface area contributed by atoms with Crippen LogP contribution in [0.5, 0.6) is 0 Å². The van der Waals surface area contributed by atoms with E-state index in [4.69, 9.17) is 5.11 Å². The number of aliphatic carboxylic acids is 1. The number of hydrogen-bond donors (Lipinski definition) is 2. The van der Waals surface area contributed by atoms with Crippen LogP contribution in [-0.2, 0) is 11.3 Å². The average Bonchev–Trinajstić information content (AvgIpc) is 2.38. The predicted molar refractivity (Wildman–Crippen MR) is 77.3 cm³/mol. The lowest BCUT2D eigenvalue weighted by atomic mass is 10.1. The molecule has 1 aromatic rings. The number of nitrogens with zero attached hydrogens (tertiary/aromatic N) is 1. The van der Waals surface area contributed by atoms with E-state index in [1.165, 1.54) is 0 Å². The SMILES string of the molecule is CC(C)CN(Cc1ccccc1)C(=O)NCCC(=O)O. The van der Waals surface area contributed by atoms with Crippen molar-refractivity contribution in [3.05, 3.63) is 35.9 Å². The molecular formula is C15H22N2O3. The van der Waals surface area contributed by atoms with Gasteiger partial charge in [0.15, 0.2) is 0 Å². The van der Waals surface area contributed by atoms with Crippen molar-refractivity contribution in [2.24, 2.45) is 5.92 Å². The number of amides is 2. The molecule has 0 spiro atoms. The normalized spacial score (nSPS) is 10.3. The van der Waals surface area contributed by atoms with Gasteiger partial charge in [-0.3, -0.25) is 4.79 Å². The number of benzene rings is 1. The maximum absolute atomic E-state index is 12.1. The van der Waals surface area contributed by atoms with E-state index in [2.05, 4.69) is 5.32 Å². The molecule has 0 heterocycles. The van der Waals surface area contributed by atoms with Gasteiger partial charge >= 0.3 is 12.0 Å². The van der Waals surface area contributed by atoms with Crippen molar-refractivity contribution in [1.82, 2.24) is 10.2 Å². The van der Waals surface area contributed by atoms with E-state index in [1.807, 2.05) is 44.2 Å². The summed E-state index contributed by atoms with van der Waals surface area (Å²) in [6.45, 7) is 5.40. The Labute approximate surface area is 119 Å². The number of hydrogen-bond acceptors (Lipinski definition) is 2. The molecule has 2 amide bonds. The van der Waals surface area contributed by atoms with Crippen LogP contribution in [0.25, 0.3) is 0 Å². The Morgan fingerprint density at radius 3 is 2.45 bits per heavy atom. The molecule has 0 fully saturated rings. The summed E-state index contributed by atoms with van der Waals surface area (Å²) in [6, 6.07) is 9.53. The van der Waals surface area contributed by atoms with Gasteiger partial charge in [0.1, 0.15) is 0 Å².